The molecule has 3 rings (SSSR count). The summed E-state index contributed by atoms with van der Waals surface area (Å²) in [5.74, 6) is 0.218. The summed E-state index contributed by atoms with van der Waals surface area (Å²) < 4.78 is 33.2. The number of carbonyl (C=O) groups is 1. The Balaban J connectivity index is 1.88. The summed E-state index contributed by atoms with van der Waals surface area (Å²) in [5, 5.41) is 3.16. The van der Waals surface area contributed by atoms with Gasteiger partial charge in [0.1, 0.15) is 12.3 Å². The van der Waals surface area contributed by atoms with E-state index < -0.39 is 15.9 Å². The first-order valence-electron chi connectivity index (χ1n) is 9.67. The van der Waals surface area contributed by atoms with Crippen LogP contribution in [0, 0.1) is 6.92 Å². The molecular formula is C23H23ClN2O4S. The van der Waals surface area contributed by atoms with Crippen molar-refractivity contribution in [1.82, 2.24) is 0 Å². The lowest BCUT2D eigenvalue weighted by atomic mass is 10.2. The standard InChI is InChI=1S/C23H23ClN2O4S/c1-3-30-21-11-9-19(10-12-21)25-23(27)16-26(20-6-4-5-17(2)15-20)31(28,29)22-13-7-18(24)8-14-22/h4-15H,3,16H2,1-2H3,(H,25,27). The molecule has 8 heteroatoms. The Morgan fingerprint density at radius 1 is 1.03 bits per heavy atom. The van der Waals surface area contributed by atoms with Crippen molar-refractivity contribution in [2.45, 2.75) is 18.7 Å². The monoisotopic (exact) mass is 458 g/mol. The molecule has 0 saturated carbocycles. The molecule has 0 aromatic heterocycles. The number of hydrogen-bond donors (Lipinski definition) is 1. The predicted molar refractivity (Wildman–Crippen MR) is 123 cm³/mol. The van der Waals surface area contributed by atoms with Crippen LogP contribution in [0.25, 0.3) is 0 Å². The number of benzene rings is 3. The van der Waals surface area contributed by atoms with Crippen molar-refractivity contribution in [1.29, 1.82) is 0 Å². The van der Waals surface area contributed by atoms with Gasteiger partial charge < -0.3 is 10.1 Å². The van der Waals surface area contributed by atoms with E-state index in [1.165, 1.54) is 24.3 Å². The van der Waals surface area contributed by atoms with E-state index in [0.29, 0.717) is 28.8 Å². The molecule has 0 spiro atoms. The van der Waals surface area contributed by atoms with Crippen LogP contribution < -0.4 is 14.4 Å². The van der Waals surface area contributed by atoms with Crippen LogP contribution in [0.5, 0.6) is 5.75 Å². The summed E-state index contributed by atoms with van der Waals surface area (Å²) in [7, 11) is -4.00. The van der Waals surface area contributed by atoms with Gasteiger partial charge in [-0.15, -0.1) is 0 Å². The molecule has 0 heterocycles. The van der Waals surface area contributed by atoms with E-state index in [1.807, 2.05) is 19.9 Å². The van der Waals surface area contributed by atoms with E-state index in [2.05, 4.69) is 5.32 Å². The van der Waals surface area contributed by atoms with E-state index in [1.54, 1.807) is 42.5 Å². The topological polar surface area (TPSA) is 75.7 Å². The van der Waals surface area contributed by atoms with Gasteiger partial charge >= 0.3 is 0 Å². The number of amides is 1. The van der Waals surface area contributed by atoms with Crippen LogP contribution in [0.15, 0.2) is 77.7 Å². The molecule has 0 aliphatic rings. The van der Waals surface area contributed by atoms with Crippen molar-refractivity contribution >= 4 is 38.9 Å². The van der Waals surface area contributed by atoms with Gasteiger partial charge in [0, 0.05) is 10.7 Å². The number of halogens is 1. The van der Waals surface area contributed by atoms with Gasteiger partial charge in [0.2, 0.25) is 5.91 Å². The largest absolute Gasteiger partial charge is 0.494 e. The second-order valence-corrected chi connectivity index (χ2v) is 9.11. The molecule has 0 saturated heterocycles. The molecule has 3 aromatic rings. The van der Waals surface area contributed by atoms with Gasteiger partial charge in [-0.1, -0.05) is 23.7 Å². The third-order valence-corrected chi connectivity index (χ3v) is 6.47. The van der Waals surface area contributed by atoms with E-state index in [0.717, 1.165) is 9.87 Å². The van der Waals surface area contributed by atoms with Crippen LogP contribution in [0.4, 0.5) is 11.4 Å². The molecule has 0 unspecified atom stereocenters. The first-order chi connectivity index (χ1) is 14.8. The Hall–Kier alpha value is -3.03. The SMILES string of the molecule is CCOc1ccc(NC(=O)CN(c2cccc(C)c2)S(=O)(=O)c2ccc(Cl)cc2)cc1. The van der Waals surface area contributed by atoms with E-state index in [-0.39, 0.29) is 11.4 Å². The highest BCUT2D eigenvalue weighted by atomic mass is 35.5. The highest BCUT2D eigenvalue weighted by Gasteiger charge is 2.27. The quantitative estimate of drug-likeness (QED) is 0.522. The minimum Gasteiger partial charge on any atom is -0.494 e. The molecular weight excluding hydrogens is 436 g/mol. The molecule has 0 aliphatic heterocycles. The third kappa shape index (κ3) is 5.77. The maximum Gasteiger partial charge on any atom is 0.264 e. The zero-order valence-corrected chi connectivity index (χ0v) is 18.8. The molecule has 0 bridgehead atoms. The van der Waals surface area contributed by atoms with E-state index in [9.17, 15) is 13.2 Å². The van der Waals surface area contributed by atoms with Gasteiger partial charge in [-0.3, -0.25) is 9.10 Å². The average Bonchev–Trinajstić information content (AvgIpc) is 2.74. The number of aryl methyl sites for hydroxylation is 1. The second kappa shape index (κ2) is 9.85. The maximum atomic E-state index is 13.3. The van der Waals surface area contributed by atoms with E-state index >= 15 is 0 Å². The van der Waals surface area contributed by atoms with Gasteiger partial charge in [0.15, 0.2) is 0 Å². The van der Waals surface area contributed by atoms with Crippen LogP contribution in [0.1, 0.15) is 12.5 Å². The molecule has 6 nitrogen and oxygen atoms in total. The lowest BCUT2D eigenvalue weighted by Crippen LogP contribution is -2.38. The van der Waals surface area contributed by atoms with Gasteiger partial charge in [-0.2, -0.15) is 0 Å². The zero-order chi connectivity index (χ0) is 22.4. The Labute approximate surface area is 187 Å². The summed E-state index contributed by atoms with van der Waals surface area (Å²) in [5.41, 5.74) is 1.82. The van der Waals surface area contributed by atoms with Crippen LogP contribution in [-0.4, -0.2) is 27.5 Å². The molecule has 0 fully saturated rings. The fourth-order valence-corrected chi connectivity index (χ4v) is 4.50. The fourth-order valence-electron chi connectivity index (χ4n) is 2.96. The Kier molecular flexibility index (Phi) is 7.20. The first kappa shape index (κ1) is 22.7. The highest BCUT2D eigenvalue weighted by molar-refractivity contribution is 7.92. The van der Waals surface area contributed by atoms with Crippen LogP contribution in [0.3, 0.4) is 0 Å². The Morgan fingerprint density at radius 2 is 1.71 bits per heavy atom. The summed E-state index contributed by atoms with van der Waals surface area (Å²) in [6, 6.07) is 19.7. The minimum absolute atomic E-state index is 0.0484. The van der Waals surface area contributed by atoms with Gasteiger partial charge in [-0.25, -0.2) is 8.42 Å². The minimum atomic E-state index is -4.00. The highest BCUT2D eigenvalue weighted by Crippen LogP contribution is 2.26. The third-order valence-electron chi connectivity index (χ3n) is 4.43. The number of rotatable bonds is 8. The van der Waals surface area contributed by atoms with Crippen LogP contribution >= 0.6 is 11.6 Å². The Bertz CT molecular complexity index is 1150. The molecule has 0 aliphatic carbocycles. The van der Waals surface area contributed by atoms with Gasteiger partial charge in [-0.05, 0) is 80.1 Å². The number of sulfonamides is 1. The van der Waals surface area contributed by atoms with Gasteiger partial charge in [0.25, 0.3) is 10.0 Å². The number of ether oxygens (including phenoxy) is 1. The van der Waals surface area contributed by atoms with Crippen molar-refractivity contribution in [3.63, 3.8) is 0 Å². The fraction of sp³-hybridized carbons (Fsp3) is 0.174. The molecule has 0 atom stereocenters. The number of hydrogen-bond acceptors (Lipinski definition) is 4. The lowest BCUT2D eigenvalue weighted by Gasteiger charge is -2.24. The van der Waals surface area contributed by atoms with Gasteiger partial charge in [0.05, 0.1) is 17.2 Å². The van der Waals surface area contributed by atoms with Crippen molar-refractivity contribution in [3.8, 4) is 5.75 Å². The zero-order valence-electron chi connectivity index (χ0n) is 17.2. The Morgan fingerprint density at radius 3 is 2.32 bits per heavy atom. The molecule has 3 aromatic carbocycles. The predicted octanol–water partition coefficient (Wildman–Crippen LogP) is 4.88. The molecule has 0 radical (unpaired) electrons. The maximum absolute atomic E-state index is 13.3. The first-order valence-corrected chi connectivity index (χ1v) is 11.5. The lowest BCUT2D eigenvalue weighted by molar-refractivity contribution is -0.114. The molecule has 31 heavy (non-hydrogen) atoms. The number of nitrogens with one attached hydrogen (secondary N) is 1. The van der Waals surface area contributed by atoms with Crippen LogP contribution in [-0.2, 0) is 14.8 Å². The molecule has 1 amide bonds. The summed E-state index contributed by atoms with van der Waals surface area (Å²) in [6.45, 7) is 3.90. The summed E-state index contributed by atoms with van der Waals surface area (Å²) in [4.78, 5) is 12.8. The van der Waals surface area contributed by atoms with Crippen LogP contribution in [0.2, 0.25) is 5.02 Å². The number of nitrogens with zero attached hydrogens (tertiary/aromatic N) is 1. The smallest absolute Gasteiger partial charge is 0.264 e. The van der Waals surface area contributed by atoms with Crippen molar-refractivity contribution in [2.75, 3.05) is 22.8 Å². The normalized spacial score (nSPS) is 11.1. The van der Waals surface area contributed by atoms with Crippen molar-refractivity contribution < 1.29 is 17.9 Å². The summed E-state index contributed by atoms with van der Waals surface area (Å²) in [6.07, 6.45) is 0. The molecule has 1 N–H and O–H groups in total. The summed E-state index contributed by atoms with van der Waals surface area (Å²) >= 11 is 5.90. The number of carbonyl (C=O) groups excluding carboxylic acids is 1. The van der Waals surface area contributed by atoms with E-state index in [4.69, 9.17) is 16.3 Å². The second-order valence-electron chi connectivity index (χ2n) is 6.81. The molecule has 162 valence electrons. The van der Waals surface area contributed by atoms with Crippen molar-refractivity contribution in [2.24, 2.45) is 0 Å². The number of anilines is 2. The van der Waals surface area contributed by atoms with Crippen molar-refractivity contribution in [3.05, 3.63) is 83.4 Å². The average molecular weight is 459 g/mol.